The molecule has 2 aliphatic rings. The zero-order valence-electron chi connectivity index (χ0n) is 10.1. The summed E-state index contributed by atoms with van der Waals surface area (Å²) in [5, 5.41) is 0. The van der Waals surface area contributed by atoms with Gasteiger partial charge >= 0.3 is 0 Å². The van der Waals surface area contributed by atoms with E-state index < -0.39 is 0 Å². The van der Waals surface area contributed by atoms with Crippen molar-refractivity contribution in [3.8, 4) is 0 Å². The van der Waals surface area contributed by atoms with E-state index in [-0.39, 0.29) is 8.84 Å². The average Bonchev–Trinajstić information content (AvgIpc) is 2.23. The molecule has 1 aliphatic heterocycles. The molecule has 0 N–H and O–H groups in total. The lowest BCUT2D eigenvalue weighted by atomic mass is 9.66. The number of likely N-dealkylation sites (tertiary alicyclic amines) is 1. The molecule has 0 spiro atoms. The Bertz CT molecular complexity index is 293. The van der Waals surface area contributed by atoms with Crippen LogP contribution in [0.4, 0.5) is 0 Å². The number of hydrogen-bond acceptors (Lipinski definition) is 3. The van der Waals surface area contributed by atoms with Crippen molar-refractivity contribution in [3.63, 3.8) is 0 Å². The number of halogens is 1. The summed E-state index contributed by atoms with van der Waals surface area (Å²) in [6.07, 6.45) is 3.20. The number of ketones is 1. The molecule has 0 amide bonds. The Kier molecular flexibility index (Phi) is 3.62. The number of rotatable bonds is 3. The highest BCUT2D eigenvalue weighted by atomic mass is 127. The minimum Gasteiger partial charge on any atom is -0.384 e. The molecule has 2 atom stereocenters. The van der Waals surface area contributed by atoms with Crippen LogP contribution in [0.1, 0.15) is 26.2 Å². The Morgan fingerprint density at radius 1 is 1.44 bits per heavy atom. The standard InChI is InChI=1S/C12H20INO2/c1-3-14-7-11(9-16-2)5-4-6-12(13,8-14)10(11)15/h3-9H2,1-2H3/t11?,12-/m0/s1. The summed E-state index contributed by atoms with van der Waals surface area (Å²) in [5.74, 6) is 0.443. The van der Waals surface area contributed by atoms with Crippen molar-refractivity contribution >= 4 is 28.4 Å². The third-order valence-corrected chi connectivity index (χ3v) is 5.36. The monoisotopic (exact) mass is 337 g/mol. The second-order valence-corrected chi connectivity index (χ2v) is 7.23. The second kappa shape index (κ2) is 4.53. The maximum Gasteiger partial charge on any atom is 0.159 e. The van der Waals surface area contributed by atoms with Crippen LogP contribution in [-0.4, -0.2) is 47.5 Å². The van der Waals surface area contributed by atoms with Crippen molar-refractivity contribution in [2.75, 3.05) is 33.4 Å². The van der Waals surface area contributed by atoms with E-state index in [1.807, 2.05) is 0 Å². The topological polar surface area (TPSA) is 29.5 Å². The van der Waals surface area contributed by atoms with Crippen molar-refractivity contribution in [2.45, 2.75) is 29.6 Å². The highest BCUT2D eigenvalue weighted by Crippen LogP contribution is 2.47. The van der Waals surface area contributed by atoms with Gasteiger partial charge in [-0.15, -0.1) is 0 Å². The molecule has 0 aromatic rings. The van der Waals surface area contributed by atoms with Crippen molar-refractivity contribution < 1.29 is 9.53 Å². The molecule has 1 saturated heterocycles. The Morgan fingerprint density at radius 2 is 2.19 bits per heavy atom. The van der Waals surface area contributed by atoms with Crippen LogP contribution in [-0.2, 0) is 9.53 Å². The van der Waals surface area contributed by atoms with E-state index >= 15 is 0 Å². The Morgan fingerprint density at radius 3 is 2.81 bits per heavy atom. The van der Waals surface area contributed by atoms with Crippen molar-refractivity contribution in [1.29, 1.82) is 0 Å². The summed E-state index contributed by atoms with van der Waals surface area (Å²) in [6, 6.07) is 0. The predicted octanol–water partition coefficient (Wildman–Crippen LogP) is 1.88. The van der Waals surface area contributed by atoms with Gasteiger partial charge in [-0.2, -0.15) is 0 Å². The molecule has 2 fully saturated rings. The minimum atomic E-state index is -0.220. The molecule has 16 heavy (non-hydrogen) atoms. The lowest BCUT2D eigenvalue weighted by Crippen LogP contribution is -2.64. The summed E-state index contributed by atoms with van der Waals surface area (Å²) < 4.78 is 5.17. The van der Waals surface area contributed by atoms with Crippen LogP contribution in [0.25, 0.3) is 0 Å². The van der Waals surface area contributed by atoms with Gasteiger partial charge in [0.1, 0.15) is 0 Å². The number of hydrogen-bond donors (Lipinski definition) is 0. The van der Waals surface area contributed by atoms with Gasteiger partial charge < -0.3 is 9.64 Å². The minimum absolute atomic E-state index is 0.150. The Labute approximate surface area is 111 Å². The number of methoxy groups -OCH3 is 1. The number of alkyl halides is 1. The maximum atomic E-state index is 12.6. The van der Waals surface area contributed by atoms with Gasteiger partial charge in [0.05, 0.1) is 15.4 Å². The summed E-state index contributed by atoms with van der Waals surface area (Å²) in [5.41, 5.74) is -0.220. The lowest BCUT2D eigenvalue weighted by molar-refractivity contribution is -0.144. The molecular formula is C12H20INO2. The Balaban J connectivity index is 2.29. The summed E-state index contributed by atoms with van der Waals surface area (Å²) >= 11 is 2.39. The molecule has 3 nitrogen and oxygen atoms in total. The number of nitrogens with zero attached hydrogens (tertiary/aromatic N) is 1. The first-order chi connectivity index (χ1) is 7.56. The fourth-order valence-electron chi connectivity index (χ4n) is 3.23. The van der Waals surface area contributed by atoms with Crippen LogP contribution in [0.5, 0.6) is 0 Å². The second-order valence-electron chi connectivity index (χ2n) is 5.16. The average molecular weight is 337 g/mol. The molecule has 0 radical (unpaired) electrons. The van der Waals surface area contributed by atoms with Gasteiger partial charge in [-0.3, -0.25) is 4.79 Å². The molecule has 0 aromatic carbocycles. The SMILES string of the molecule is CCN1CC2(COC)CCC[C@](I)(C1)C2=O. The molecule has 1 saturated carbocycles. The number of fused-ring (bicyclic) bond motifs is 2. The first kappa shape index (κ1) is 12.8. The van der Waals surface area contributed by atoms with E-state index in [2.05, 4.69) is 34.4 Å². The number of carbonyl (C=O) groups is 1. The van der Waals surface area contributed by atoms with Gasteiger partial charge in [0.25, 0.3) is 0 Å². The van der Waals surface area contributed by atoms with Gasteiger partial charge in [0.2, 0.25) is 0 Å². The molecule has 1 heterocycles. The number of ether oxygens (including phenoxy) is 1. The fourth-order valence-corrected chi connectivity index (χ4v) is 4.67. The Hall–Kier alpha value is 0.320. The smallest absolute Gasteiger partial charge is 0.159 e. The molecule has 0 aromatic heterocycles. The maximum absolute atomic E-state index is 12.6. The highest BCUT2D eigenvalue weighted by Gasteiger charge is 2.56. The van der Waals surface area contributed by atoms with E-state index in [0.29, 0.717) is 12.4 Å². The molecular weight excluding hydrogens is 317 g/mol. The van der Waals surface area contributed by atoms with Crippen LogP contribution < -0.4 is 0 Å². The lowest BCUT2D eigenvalue weighted by Gasteiger charge is -2.51. The van der Waals surface area contributed by atoms with Crippen LogP contribution in [0.3, 0.4) is 0 Å². The van der Waals surface area contributed by atoms with Crippen molar-refractivity contribution in [1.82, 2.24) is 4.90 Å². The summed E-state index contributed by atoms with van der Waals surface area (Å²) in [6.45, 7) is 5.61. The van der Waals surface area contributed by atoms with E-state index in [4.69, 9.17) is 4.74 Å². The van der Waals surface area contributed by atoms with E-state index in [0.717, 1.165) is 38.9 Å². The number of carbonyl (C=O) groups excluding carboxylic acids is 1. The first-order valence-corrected chi connectivity index (χ1v) is 7.09. The van der Waals surface area contributed by atoms with Gasteiger partial charge in [-0.05, 0) is 19.4 Å². The predicted molar refractivity (Wildman–Crippen MR) is 72.0 cm³/mol. The largest absolute Gasteiger partial charge is 0.384 e. The molecule has 2 bridgehead atoms. The molecule has 1 unspecified atom stereocenters. The summed E-state index contributed by atoms with van der Waals surface area (Å²) in [7, 11) is 1.70. The fraction of sp³-hybridized carbons (Fsp3) is 0.917. The van der Waals surface area contributed by atoms with Crippen molar-refractivity contribution in [2.24, 2.45) is 5.41 Å². The first-order valence-electron chi connectivity index (χ1n) is 6.01. The van der Waals surface area contributed by atoms with Crippen LogP contribution >= 0.6 is 22.6 Å². The van der Waals surface area contributed by atoms with Gasteiger partial charge in [0, 0.05) is 20.2 Å². The third-order valence-electron chi connectivity index (χ3n) is 3.99. The normalized spacial score (nSPS) is 40.1. The quantitative estimate of drug-likeness (QED) is 0.582. The van der Waals surface area contributed by atoms with Gasteiger partial charge in [-0.25, -0.2) is 0 Å². The van der Waals surface area contributed by atoms with Crippen molar-refractivity contribution in [3.05, 3.63) is 0 Å². The van der Waals surface area contributed by atoms with Crippen LogP contribution in [0.15, 0.2) is 0 Å². The number of Topliss-reactive ketones (excluding diaryl/α,β-unsaturated/α-hetero) is 1. The molecule has 2 rings (SSSR count). The number of piperidine rings is 1. The van der Waals surface area contributed by atoms with E-state index in [1.54, 1.807) is 7.11 Å². The zero-order valence-corrected chi connectivity index (χ0v) is 12.2. The van der Waals surface area contributed by atoms with Gasteiger partial charge in [-0.1, -0.05) is 35.9 Å². The highest BCUT2D eigenvalue weighted by molar-refractivity contribution is 14.1. The molecule has 4 heteroatoms. The molecule has 1 aliphatic carbocycles. The zero-order chi connectivity index (χ0) is 11.8. The third kappa shape index (κ3) is 1.93. The summed E-state index contributed by atoms with van der Waals surface area (Å²) in [4.78, 5) is 15.0. The van der Waals surface area contributed by atoms with Crippen LogP contribution in [0.2, 0.25) is 0 Å². The van der Waals surface area contributed by atoms with E-state index in [1.165, 1.54) is 0 Å². The van der Waals surface area contributed by atoms with Crippen LogP contribution in [0, 0.1) is 5.41 Å². The molecule has 92 valence electrons. The van der Waals surface area contributed by atoms with E-state index in [9.17, 15) is 4.79 Å². The van der Waals surface area contributed by atoms with Gasteiger partial charge in [0.15, 0.2) is 5.78 Å².